The Hall–Kier alpha value is -3.87. The van der Waals surface area contributed by atoms with Crippen molar-refractivity contribution >= 4 is 11.1 Å². The Kier molecular flexibility index (Phi) is 6.58. The van der Waals surface area contributed by atoms with Crippen LogP contribution in [0, 0.1) is 0 Å². The monoisotopic (exact) mass is 449 g/mol. The smallest absolute Gasteiger partial charge is 0.231 e. The lowest BCUT2D eigenvalue weighted by Gasteiger charge is -2.15. The lowest BCUT2D eigenvalue weighted by atomic mass is 10.0. The molecule has 0 saturated heterocycles. The van der Waals surface area contributed by atoms with Crippen molar-refractivity contribution in [2.45, 2.75) is 13.8 Å². The lowest BCUT2D eigenvalue weighted by molar-refractivity contribution is 0.325. The van der Waals surface area contributed by atoms with Gasteiger partial charge in [-0.3, -0.25) is 0 Å². The highest BCUT2D eigenvalue weighted by Gasteiger charge is 2.19. The molecule has 0 amide bonds. The second kappa shape index (κ2) is 9.73. The average Bonchev–Trinajstić information content (AvgIpc) is 3.27. The van der Waals surface area contributed by atoms with Crippen molar-refractivity contribution in [3.8, 4) is 51.3 Å². The Labute approximate surface area is 192 Å². The van der Waals surface area contributed by atoms with Crippen molar-refractivity contribution in [1.29, 1.82) is 0 Å². The highest BCUT2D eigenvalue weighted by molar-refractivity contribution is 5.85. The number of hydrogen-bond acceptors (Lipinski definition) is 7. The molecule has 33 heavy (non-hydrogen) atoms. The molecule has 0 atom stereocenters. The van der Waals surface area contributed by atoms with Crippen LogP contribution in [0.25, 0.3) is 33.7 Å². The average molecular weight is 450 g/mol. The van der Waals surface area contributed by atoms with Gasteiger partial charge in [-0.25, -0.2) is 4.98 Å². The highest BCUT2D eigenvalue weighted by Crippen LogP contribution is 2.45. The van der Waals surface area contributed by atoms with Gasteiger partial charge < -0.3 is 28.1 Å². The van der Waals surface area contributed by atoms with Crippen molar-refractivity contribution < 1.29 is 28.1 Å². The van der Waals surface area contributed by atoms with Crippen LogP contribution in [-0.4, -0.2) is 39.5 Å². The van der Waals surface area contributed by atoms with Gasteiger partial charge in [0.2, 0.25) is 11.6 Å². The molecule has 0 saturated carbocycles. The Bertz CT molecular complexity index is 1260. The fourth-order valence-electron chi connectivity index (χ4n) is 3.75. The van der Waals surface area contributed by atoms with Gasteiger partial charge in [-0.1, -0.05) is 6.07 Å². The summed E-state index contributed by atoms with van der Waals surface area (Å²) in [4.78, 5) is 4.69. The lowest BCUT2D eigenvalue weighted by Crippen LogP contribution is -1.96. The van der Waals surface area contributed by atoms with Crippen LogP contribution in [0.3, 0.4) is 0 Å². The maximum atomic E-state index is 6.17. The van der Waals surface area contributed by atoms with Gasteiger partial charge in [-0.2, -0.15) is 0 Å². The predicted molar refractivity (Wildman–Crippen MR) is 127 cm³/mol. The van der Waals surface area contributed by atoms with E-state index in [0.717, 1.165) is 28.0 Å². The van der Waals surface area contributed by atoms with Gasteiger partial charge >= 0.3 is 0 Å². The van der Waals surface area contributed by atoms with Gasteiger partial charge in [0.1, 0.15) is 17.0 Å². The number of methoxy groups -OCH3 is 3. The first kappa shape index (κ1) is 22.3. The van der Waals surface area contributed by atoms with E-state index >= 15 is 0 Å². The van der Waals surface area contributed by atoms with Gasteiger partial charge in [-0.05, 0) is 61.9 Å². The standard InChI is InChI=1S/C26H27NO6/c1-6-31-17-9-12-21(32-7-2)19(15-17)26-27-20-11-8-16(14-23(20)33-26)18-10-13-22(28-3)25(30-5)24(18)29-4/h8-15H,6-7H2,1-5H3. The maximum Gasteiger partial charge on any atom is 0.231 e. The molecule has 0 aliphatic carbocycles. The van der Waals surface area contributed by atoms with Crippen LogP contribution in [0.1, 0.15) is 13.8 Å². The molecule has 0 aliphatic heterocycles. The predicted octanol–water partition coefficient (Wildman–Crippen LogP) is 5.99. The van der Waals surface area contributed by atoms with Crippen LogP contribution >= 0.6 is 0 Å². The molecular weight excluding hydrogens is 422 g/mol. The molecule has 7 heteroatoms. The SMILES string of the molecule is CCOc1ccc(OCC)c(-c2nc3ccc(-c4ccc(OC)c(OC)c4OC)cc3o2)c1. The summed E-state index contributed by atoms with van der Waals surface area (Å²) >= 11 is 0. The molecule has 1 aromatic heterocycles. The zero-order chi connectivity index (χ0) is 23.4. The summed E-state index contributed by atoms with van der Waals surface area (Å²) in [6, 6.07) is 15.2. The third-order valence-corrected chi connectivity index (χ3v) is 5.20. The summed E-state index contributed by atoms with van der Waals surface area (Å²) in [6.45, 7) is 4.98. The van der Waals surface area contributed by atoms with E-state index in [4.69, 9.17) is 28.1 Å². The number of benzene rings is 3. The quantitative estimate of drug-likeness (QED) is 0.311. The molecule has 3 aromatic carbocycles. The van der Waals surface area contributed by atoms with E-state index < -0.39 is 0 Å². The summed E-state index contributed by atoms with van der Waals surface area (Å²) in [7, 11) is 4.78. The van der Waals surface area contributed by atoms with Gasteiger partial charge in [0.05, 0.1) is 40.1 Å². The molecule has 0 bridgehead atoms. The number of hydrogen-bond donors (Lipinski definition) is 0. The molecule has 0 spiro atoms. The molecular formula is C26H27NO6. The van der Waals surface area contributed by atoms with E-state index in [1.807, 2.05) is 62.4 Å². The van der Waals surface area contributed by atoms with E-state index in [2.05, 4.69) is 4.98 Å². The van der Waals surface area contributed by atoms with Crippen LogP contribution in [0.2, 0.25) is 0 Å². The molecule has 7 nitrogen and oxygen atoms in total. The fraction of sp³-hybridized carbons (Fsp3) is 0.269. The molecule has 0 aliphatic rings. The van der Waals surface area contributed by atoms with Crippen molar-refractivity contribution in [3.63, 3.8) is 0 Å². The van der Waals surface area contributed by atoms with Crippen molar-refractivity contribution in [2.24, 2.45) is 0 Å². The van der Waals surface area contributed by atoms with E-state index in [-0.39, 0.29) is 0 Å². The Balaban J connectivity index is 1.81. The minimum Gasteiger partial charge on any atom is -0.494 e. The molecule has 172 valence electrons. The third-order valence-electron chi connectivity index (χ3n) is 5.20. The highest BCUT2D eigenvalue weighted by atomic mass is 16.5. The van der Waals surface area contributed by atoms with Gasteiger partial charge in [0.15, 0.2) is 17.1 Å². The largest absolute Gasteiger partial charge is 0.494 e. The number of rotatable bonds is 9. The topological polar surface area (TPSA) is 72.2 Å². The number of aromatic nitrogens is 1. The zero-order valence-electron chi connectivity index (χ0n) is 19.4. The van der Waals surface area contributed by atoms with E-state index in [1.54, 1.807) is 21.3 Å². The summed E-state index contributed by atoms with van der Waals surface area (Å²) in [6.07, 6.45) is 0. The minimum absolute atomic E-state index is 0.464. The van der Waals surface area contributed by atoms with Gasteiger partial charge in [0, 0.05) is 5.56 Å². The van der Waals surface area contributed by atoms with E-state index in [1.165, 1.54) is 0 Å². The minimum atomic E-state index is 0.464. The molecule has 4 rings (SSSR count). The van der Waals surface area contributed by atoms with Gasteiger partial charge in [-0.15, -0.1) is 0 Å². The summed E-state index contributed by atoms with van der Waals surface area (Å²) in [5.74, 6) is 3.59. The Morgan fingerprint density at radius 3 is 2.18 bits per heavy atom. The number of ether oxygens (including phenoxy) is 5. The van der Waals surface area contributed by atoms with Crippen molar-refractivity contribution in [3.05, 3.63) is 48.5 Å². The van der Waals surface area contributed by atoms with Crippen LogP contribution in [0.5, 0.6) is 28.7 Å². The molecule has 0 unspecified atom stereocenters. The molecule has 0 N–H and O–H groups in total. The van der Waals surface area contributed by atoms with Crippen LogP contribution in [0.15, 0.2) is 52.9 Å². The molecule has 1 heterocycles. The van der Waals surface area contributed by atoms with E-state index in [0.29, 0.717) is 47.7 Å². The summed E-state index contributed by atoms with van der Waals surface area (Å²) in [5, 5.41) is 0. The molecule has 4 aromatic rings. The first-order valence-electron chi connectivity index (χ1n) is 10.7. The van der Waals surface area contributed by atoms with Crippen molar-refractivity contribution in [2.75, 3.05) is 34.5 Å². The Morgan fingerprint density at radius 1 is 0.727 bits per heavy atom. The van der Waals surface area contributed by atoms with Gasteiger partial charge in [0.25, 0.3) is 0 Å². The zero-order valence-corrected chi connectivity index (χ0v) is 19.4. The summed E-state index contributed by atoms with van der Waals surface area (Å²) < 4.78 is 34.2. The number of nitrogens with zero attached hydrogens (tertiary/aromatic N) is 1. The second-order valence-corrected chi connectivity index (χ2v) is 7.11. The normalized spacial score (nSPS) is 10.8. The Morgan fingerprint density at radius 2 is 1.48 bits per heavy atom. The third kappa shape index (κ3) is 4.26. The van der Waals surface area contributed by atoms with Crippen LogP contribution in [-0.2, 0) is 0 Å². The number of fused-ring (bicyclic) bond motifs is 1. The number of oxazole rings is 1. The first-order chi connectivity index (χ1) is 16.1. The fourth-order valence-corrected chi connectivity index (χ4v) is 3.75. The first-order valence-corrected chi connectivity index (χ1v) is 10.7. The van der Waals surface area contributed by atoms with Crippen LogP contribution in [0.4, 0.5) is 0 Å². The summed E-state index contributed by atoms with van der Waals surface area (Å²) in [5.41, 5.74) is 3.87. The van der Waals surface area contributed by atoms with E-state index in [9.17, 15) is 0 Å². The molecule has 0 radical (unpaired) electrons. The maximum absolute atomic E-state index is 6.17. The van der Waals surface area contributed by atoms with Crippen molar-refractivity contribution in [1.82, 2.24) is 4.98 Å². The second-order valence-electron chi connectivity index (χ2n) is 7.11. The van der Waals surface area contributed by atoms with Crippen LogP contribution < -0.4 is 23.7 Å². The molecule has 0 fully saturated rings.